The molecule has 0 spiro atoms. The fraction of sp³-hybridized carbons (Fsp3) is 0.320. The number of rotatable bonds is 6. The van der Waals surface area contributed by atoms with Crippen LogP contribution in [-0.4, -0.2) is 25.8 Å². The molecule has 4 heteroatoms. The predicted molar refractivity (Wildman–Crippen MR) is 117 cm³/mol. The van der Waals surface area contributed by atoms with E-state index in [1.807, 2.05) is 31.2 Å². The molecule has 1 fully saturated rings. The zero-order valence-electron chi connectivity index (χ0n) is 16.8. The Balaban J connectivity index is 1.32. The molecule has 0 aliphatic carbocycles. The van der Waals surface area contributed by atoms with Crippen LogP contribution in [0, 0.1) is 11.8 Å². The van der Waals surface area contributed by atoms with Crippen molar-refractivity contribution in [2.75, 3.05) is 19.7 Å². The summed E-state index contributed by atoms with van der Waals surface area (Å²) in [4.78, 5) is 12.4. The van der Waals surface area contributed by atoms with Gasteiger partial charge in [0.25, 0.3) is 0 Å². The van der Waals surface area contributed by atoms with E-state index < -0.39 is 0 Å². The van der Waals surface area contributed by atoms with E-state index in [2.05, 4.69) is 59.2 Å². The van der Waals surface area contributed by atoms with E-state index in [1.54, 1.807) is 0 Å². The van der Waals surface area contributed by atoms with Gasteiger partial charge in [0.2, 0.25) is 0 Å². The average molecular weight is 389 g/mol. The number of amides is 1. The Bertz CT molecular complexity index is 952. The maximum absolute atomic E-state index is 12.4. The van der Waals surface area contributed by atoms with E-state index in [0.717, 1.165) is 30.5 Å². The largest absolute Gasteiger partial charge is 0.449 e. The number of fused-ring (bicyclic) bond motifs is 1. The predicted octanol–water partition coefficient (Wildman–Crippen LogP) is 4.71. The summed E-state index contributed by atoms with van der Waals surface area (Å²) in [5.74, 6) is 0.828. The second-order valence-electron chi connectivity index (χ2n) is 7.90. The highest BCUT2D eigenvalue weighted by Crippen LogP contribution is 2.25. The fourth-order valence-electron chi connectivity index (χ4n) is 4.25. The second-order valence-corrected chi connectivity index (χ2v) is 7.90. The van der Waals surface area contributed by atoms with E-state index in [4.69, 9.17) is 4.74 Å². The number of carbonyl (C=O) groups is 1. The van der Waals surface area contributed by atoms with Gasteiger partial charge < -0.3 is 15.4 Å². The van der Waals surface area contributed by atoms with E-state index in [9.17, 15) is 4.79 Å². The lowest BCUT2D eigenvalue weighted by molar-refractivity contribution is 0.118. The SMILES string of the molecule is C[C@@H](NC(=O)OCC1CNCC1Cc1ccccc1)c1cccc2ccccc12. The van der Waals surface area contributed by atoms with Gasteiger partial charge >= 0.3 is 6.09 Å². The van der Waals surface area contributed by atoms with Gasteiger partial charge in [-0.1, -0.05) is 72.8 Å². The van der Waals surface area contributed by atoms with E-state index in [1.165, 1.54) is 10.9 Å². The van der Waals surface area contributed by atoms with Gasteiger partial charge in [0.15, 0.2) is 0 Å². The minimum Gasteiger partial charge on any atom is -0.449 e. The van der Waals surface area contributed by atoms with Crippen molar-refractivity contribution in [3.05, 3.63) is 83.9 Å². The van der Waals surface area contributed by atoms with Crippen LogP contribution >= 0.6 is 0 Å². The quantitative estimate of drug-likeness (QED) is 0.643. The van der Waals surface area contributed by atoms with Gasteiger partial charge in [-0.15, -0.1) is 0 Å². The minimum atomic E-state index is -0.351. The molecule has 1 aliphatic heterocycles. The first-order valence-corrected chi connectivity index (χ1v) is 10.4. The van der Waals surface area contributed by atoms with Crippen LogP contribution in [0.3, 0.4) is 0 Å². The maximum Gasteiger partial charge on any atom is 0.407 e. The van der Waals surface area contributed by atoms with E-state index in [-0.39, 0.29) is 12.1 Å². The highest BCUT2D eigenvalue weighted by Gasteiger charge is 2.28. The molecule has 2 unspecified atom stereocenters. The normalized spacial score (nSPS) is 19.8. The number of benzene rings is 3. The Hall–Kier alpha value is -2.85. The zero-order chi connectivity index (χ0) is 20.1. The van der Waals surface area contributed by atoms with E-state index in [0.29, 0.717) is 18.4 Å². The van der Waals surface area contributed by atoms with Gasteiger partial charge in [0.05, 0.1) is 12.6 Å². The molecule has 3 aromatic carbocycles. The molecule has 0 bridgehead atoms. The van der Waals surface area contributed by atoms with Crippen molar-refractivity contribution in [1.82, 2.24) is 10.6 Å². The number of hydrogen-bond donors (Lipinski definition) is 2. The zero-order valence-corrected chi connectivity index (χ0v) is 16.8. The molecule has 1 amide bonds. The summed E-state index contributed by atoms with van der Waals surface area (Å²) in [6, 6.07) is 24.8. The molecule has 150 valence electrons. The van der Waals surface area contributed by atoms with Gasteiger partial charge in [-0.25, -0.2) is 4.79 Å². The Morgan fingerprint density at radius 2 is 1.72 bits per heavy atom. The van der Waals surface area contributed by atoms with Crippen molar-refractivity contribution in [2.45, 2.75) is 19.4 Å². The summed E-state index contributed by atoms with van der Waals surface area (Å²) < 4.78 is 5.61. The van der Waals surface area contributed by atoms with Gasteiger partial charge in [-0.3, -0.25) is 0 Å². The van der Waals surface area contributed by atoms with Crippen molar-refractivity contribution < 1.29 is 9.53 Å². The third kappa shape index (κ3) is 4.77. The first kappa shape index (κ1) is 19.5. The topological polar surface area (TPSA) is 50.4 Å². The number of carbonyl (C=O) groups excluding carboxylic acids is 1. The molecule has 2 N–H and O–H groups in total. The average Bonchev–Trinajstić information content (AvgIpc) is 3.19. The summed E-state index contributed by atoms with van der Waals surface area (Å²) in [5, 5.41) is 8.77. The van der Waals surface area contributed by atoms with Gasteiger partial charge in [-0.05, 0) is 47.7 Å². The highest BCUT2D eigenvalue weighted by atomic mass is 16.5. The molecule has 1 aliphatic rings. The maximum atomic E-state index is 12.4. The summed E-state index contributed by atoms with van der Waals surface area (Å²) in [6.45, 7) is 4.30. The molecule has 0 saturated carbocycles. The smallest absolute Gasteiger partial charge is 0.407 e. The lowest BCUT2D eigenvalue weighted by atomic mass is 9.90. The molecule has 3 aromatic rings. The third-order valence-electron chi connectivity index (χ3n) is 5.87. The van der Waals surface area contributed by atoms with Gasteiger partial charge in [0, 0.05) is 12.5 Å². The Kier molecular flexibility index (Phi) is 6.11. The summed E-state index contributed by atoms with van der Waals surface area (Å²) in [7, 11) is 0. The van der Waals surface area contributed by atoms with Crippen molar-refractivity contribution in [3.8, 4) is 0 Å². The molecule has 4 nitrogen and oxygen atoms in total. The molecular weight excluding hydrogens is 360 g/mol. The lowest BCUT2D eigenvalue weighted by Crippen LogP contribution is -2.30. The molecule has 3 atom stereocenters. The number of hydrogen-bond acceptors (Lipinski definition) is 3. The summed E-state index contributed by atoms with van der Waals surface area (Å²) in [6.07, 6.45) is 0.659. The molecule has 0 radical (unpaired) electrons. The Morgan fingerprint density at radius 3 is 2.59 bits per heavy atom. The lowest BCUT2D eigenvalue weighted by Gasteiger charge is -2.20. The number of nitrogens with one attached hydrogen (secondary N) is 2. The van der Waals surface area contributed by atoms with Crippen LogP contribution in [-0.2, 0) is 11.2 Å². The first-order chi connectivity index (χ1) is 14.2. The van der Waals surface area contributed by atoms with Crippen molar-refractivity contribution in [2.24, 2.45) is 11.8 Å². The van der Waals surface area contributed by atoms with Crippen molar-refractivity contribution >= 4 is 16.9 Å². The first-order valence-electron chi connectivity index (χ1n) is 10.4. The van der Waals surface area contributed by atoms with Crippen LogP contribution in [0.25, 0.3) is 10.8 Å². The van der Waals surface area contributed by atoms with Crippen LogP contribution in [0.15, 0.2) is 72.8 Å². The van der Waals surface area contributed by atoms with Crippen LogP contribution in [0.2, 0.25) is 0 Å². The van der Waals surface area contributed by atoms with Crippen LogP contribution < -0.4 is 10.6 Å². The monoisotopic (exact) mass is 388 g/mol. The molecule has 1 heterocycles. The third-order valence-corrected chi connectivity index (χ3v) is 5.87. The number of ether oxygens (including phenoxy) is 1. The minimum absolute atomic E-state index is 0.115. The fourth-order valence-corrected chi connectivity index (χ4v) is 4.25. The molecule has 0 aromatic heterocycles. The van der Waals surface area contributed by atoms with Crippen LogP contribution in [0.4, 0.5) is 4.79 Å². The van der Waals surface area contributed by atoms with E-state index >= 15 is 0 Å². The summed E-state index contributed by atoms with van der Waals surface area (Å²) in [5.41, 5.74) is 2.43. The highest BCUT2D eigenvalue weighted by molar-refractivity contribution is 5.86. The van der Waals surface area contributed by atoms with Crippen molar-refractivity contribution in [3.63, 3.8) is 0 Å². The Morgan fingerprint density at radius 1 is 1.00 bits per heavy atom. The van der Waals surface area contributed by atoms with Gasteiger partial charge in [0.1, 0.15) is 0 Å². The Labute approximate surface area is 172 Å². The molecule has 4 rings (SSSR count). The van der Waals surface area contributed by atoms with Crippen LogP contribution in [0.5, 0.6) is 0 Å². The summed E-state index contributed by atoms with van der Waals surface area (Å²) >= 11 is 0. The molecule has 1 saturated heterocycles. The second kappa shape index (κ2) is 9.10. The van der Waals surface area contributed by atoms with Crippen molar-refractivity contribution in [1.29, 1.82) is 0 Å². The van der Waals surface area contributed by atoms with Gasteiger partial charge in [-0.2, -0.15) is 0 Å². The van der Waals surface area contributed by atoms with Crippen LogP contribution in [0.1, 0.15) is 24.1 Å². The molecule has 29 heavy (non-hydrogen) atoms. The standard InChI is InChI=1S/C25H28N2O2/c1-18(23-13-7-11-20-10-5-6-12-24(20)23)27-25(28)29-17-22-16-26-15-21(22)14-19-8-3-2-4-9-19/h2-13,18,21-22,26H,14-17H2,1H3,(H,27,28)/t18-,21?,22?/m1/s1. The number of alkyl carbamates (subject to hydrolysis) is 1. The molecular formula is C25H28N2O2.